The van der Waals surface area contributed by atoms with Gasteiger partial charge in [-0.1, -0.05) is 41.0 Å². The zero-order valence-electron chi connectivity index (χ0n) is 18.2. The summed E-state index contributed by atoms with van der Waals surface area (Å²) in [6, 6.07) is 0. The molecule has 2 unspecified atom stereocenters. The minimum absolute atomic E-state index is 0.0381. The lowest BCUT2D eigenvalue weighted by Crippen LogP contribution is -2.34. The van der Waals surface area contributed by atoms with E-state index in [0.717, 1.165) is 38.7 Å². The third-order valence-corrected chi connectivity index (χ3v) is 6.00. The van der Waals surface area contributed by atoms with Gasteiger partial charge in [-0.15, -0.1) is 0 Å². The van der Waals surface area contributed by atoms with E-state index < -0.39 is 0 Å². The molecule has 5 heteroatoms. The summed E-state index contributed by atoms with van der Waals surface area (Å²) in [5, 5.41) is 5.63. The molecule has 2 amide bonds. The van der Waals surface area contributed by atoms with Gasteiger partial charge in [0.25, 0.3) is 0 Å². The molecule has 0 aliphatic rings. The van der Waals surface area contributed by atoms with Gasteiger partial charge in [0.15, 0.2) is 0 Å². The van der Waals surface area contributed by atoms with E-state index in [1.807, 2.05) is 0 Å². The SMILES string of the molecule is CCC(C)(CCC(=O)NCCCNC(C)=O)OCCC(C)(CC)C(C)C. The van der Waals surface area contributed by atoms with E-state index in [1.165, 1.54) is 6.92 Å². The number of carbonyl (C=O) groups is 2. The number of hydrogen-bond donors (Lipinski definition) is 2. The normalized spacial score (nSPS) is 16.0. The largest absolute Gasteiger partial charge is 0.375 e. The van der Waals surface area contributed by atoms with Gasteiger partial charge in [0, 0.05) is 33.0 Å². The van der Waals surface area contributed by atoms with Crippen molar-refractivity contribution >= 4 is 11.8 Å². The minimum atomic E-state index is -0.251. The molecule has 0 heterocycles. The van der Waals surface area contributed by atoms with Crippen LogP contribution in [0.2, 0.25) is 0 Å². The molecule has 0 aromatic carbocycles. The Kier molecular flexibility index (Phi) is 11.8. The predicted octanol–water partition coefficient (Wildman–Crippen LogP) is 4.06. The molecular weight excluding hydrogens is 328 g/mol. The first-order chi connectivity index (χ1) is 12.1. The van der Waals surface area contributed by atoms with Gasteiger partial charge < -0.3 is 15.4 Å². The first-order valence-electron chi connectivity index (χ1n) is 10.2. The molecule has 154 valence electrons. The van der Waals surface area contributed by atoms with Crippen LogP contribution in [-0.2, 0) is 14.3 Å². The van der Waals surface area contributed by atoms with E-state index in [2.05, 4.69) is 52.2 Å². The molecule has 0 aliphatic heterocycles. The van der Waals surface area contributed by atoms with Crippen LogP contribution in [0, 0.1) is 11.3 Å². The molecule has 0 saturated heterocycles. The van der Waals surface area contributed by atoms with Crippen LogP contribution in [0.3, 0.4) is 0 Å². The zero-order valence-corrected chi connectivity index (χ0v) is 18.2. The first kappa shape index (κ1) is 24.9. The molecule has 26 heavy (non-hydrogen) atoms. The molecule has 2 atom stereocenters. The van der Waals surface area contributed by atoms with Crippen LogP contribution in [0.1, 0.15) is 87.0 Å². The lowest BCUT2D eigenvalue weighted by Gasteiger charge is -2.35. The van der Waals surface area contributed by atoms with Crippen LogP contribution in [0.4, 0.5) is 0 Å². The van der Waals surface area contributed by atoms with Crippen molar-refractivity contribution in [1.82, 2.24) is 10.6 Å². The lowest BCUT2D eigenvalue weighted by molar-refractivity contribution is -0.123. The molecule has 0 saturated carbocycles. The van der Waals surface area contributed by atoms with E-state index in [0.29, 0.717) is 30.8 Å². The lowest BCUT2D eigenvalue weighted by atomic mass is 9.74. The van der Waals surface area contributed by atoms with Gasteiger partial charge in [0.1, 0.15) is 0 Å². The maximum Gasteiger partial charge on any atom is 0.220 e. The number of rotatable bonds is 14. The van der Waals surface area contributed by atoms with Gasteiger partial charge >= 0.3 is 0 Å². The van der Waals surface area contributed by atoms with Crippen molar-refractivity contribution < 1.29 is 14.3 Å². The highest BCUT2D eigenvalue weighted by atomic mass is 16.5. The van der Waals surface area contributed by atoms with Crippen LogP contribution < -0.4 is 10.6 Å². The highest BCUT2D eigenvalue weighted by Crippen LogP contribution is 2.35. The molecule has 0 rings (SSSR count). The van der Waals surface area contributed by atoms with E-state index in [1.54, 1.807) is 0 Å². The summed E-state index contributed by atoms with van der Waals surface area (Å²) in [4.78, 5) is 22.8. The second-order valence-electron chi connectivity index (χ2n) is 8.25. The molecule has 2 N–H and O–H groups in total. The van der Waals surface area contributed by atoms with Gasteiger partial charge in [-0.25, -0.2) is 0 Å². The second-order valence-corrected chi connectivity index (χ2v) is 8.25. The minimum Gasteiger partial charge on any atom is -0.375 e. The fraction of sp³-hybridized carbons (Fsp3) is 0.905. The smallest absolute Gasteiger partial charge is 0.220 e. The van der Waals surface area contributed by atoms with Gasteiger partial charge in [-0.3, -0.25) is 9.59 Å². The molecule has 0 spiro atoms. The van der Waals surface area contributed by atoms with Crippen molar-refractivity contribution in [3.63, 3.8) is 0 Å². The first-order valence-corrected chi connectivity index (χ1v) is 10.2. The van der Waals surface area contributed by atoms with Gasteiger partial charge in [0.2, 0.25) is 11.8 Å². The fourth-order valence-corrected chi connectivity index (χ4v) is 2.80. The summed E-state index contributed by atoms with van der Waals surface area (Å²) in [7, 11) is 0. The summed E-state index contributed by atoms with van der Waals surface area (Å²) >= 11 is 0. The van der Waals surface area contributed by atoms with E-state index in [9.17, 15) is 9.59 Å². The molecule has 0 radical (unpaired) electrons. The van der Waals surface area contributed by atoms with Gasteiger partial charge in [-0.2, -0.15) is 0 Å². The fourth-order valence-electron chi connectivity index (χ4n) is 2.80. The highest BCUT2D eigenvalue weighted by molar-refractivity contribution is 5.76. The molecular formula is C21H42N2O3. The Labute approximate surface area is 161 Å². The summed E-state index contributed by atoms with van der Waals surface area (Å²) in [5.41, 5.74) is 0.0547. The van der Waals surface area contributed by atoms with Gasteiger partial charge in [0.05, 0.1) is 5.60 Å². The average molecular weight is 371 g/mol. The van der Waals surface area contributed by atoms with Crippen LogP contribution in [0.15, 0.2) is 0 Å². The van der Waals surface area contributed by atoms with Crippen molar-refractivity contribution in [2.75, 3.05) is 19.7 Å². The standard InChI is InChI=1S/C21H42N2O3/c1-8-20(6,17(3)4)13-16-26-21(7,9-2)12-11-19(25)23-15-10-14-22-18(5)24/h17H,8-16H2,1-7H3,(H,22,24)(H,23,25). The summed E-state index contributed by atoms with van der Waals surface area (Å²) in [6.07, 6.45) is 5.04. The number of hydrogen-bond acceptors (Lipinski definition) is 3. The Morgan fingerprint density at radius 2 is 1.62 bits per heavy atom. The van der Waals surface area contributed by atoms with Crippen molar-refractivity contribution in [3.8, 4) is 0 Å². The van der Waals surface area contributed by atoms with Gasteiger partial charge in [-0.05, 0) is 43.9 Å². The molecule has 0 bridgehead atoms. The molecule has 0 fully saturated rings. The molecule has 5 nitrogen and oxygen atoms in total. The van der Waals surface area contributed by atoms with Crippen molar-refractivity contribution in [1.29, 1.82) is 0 Å². The Morgan fingerprint density at radius 1 is 1.00 bits per heavy atom. The maximum atomic E-state index is 12.0. The predicted molar refractivity (Wildman–Crippen MR) is 108 cm³/mol. The van der Waals surface area contributed by atoms with E-state index in [-0.39, 0.29) is 17.4 Å². The number of nitrogens with one attached hydrogen (secondary N) is 2. The number of ether oxygens (including phenoxy) is 1. The quantitative estimate of drug-likeness (QED) is 0.453. The van der Waals surface area contributed by atoms with Crippen LogP contribution in [0.5, 0.6) is 0 Å². The maximum absolute atomic E-state index is 12.0. The van der Waals surface area contributed by atoms with Crippen molar-refractivity contribution in [2.45, 2.75) is 92.6 Å². The summed E-state index contributed by atoms with van der Waals surface area (Å²) in [5.74, 6) is 0.646. The Morgan fingerprint density at radius 3 is 2.12 bits per heavy atom. The van der Waals surface area contributed by atoms with Crippen LogP contribution in [0.25, 0.3) is 0 Å². The third-order valence-electron chi connectivity index (χ3n) is 6.00. The molecule has 0 aromatic heterocycles. The Bertz CT molecular complexity index is 425. The second kappa shape index (κ2) is 12.3. The summed E-state index contributed by atoms with van der Waals surface area (Å²) < 4.78 is 6.22. The van der Waals surface area contributed by atoms with Crippen molar-refractivity contribution in [2.24, 2.45) is 11.3 Å². The Hall–Kier alpha value is -1.10. The van der Waals surface area contributed by atoms with E-state index in [4.69, 9.17) is 4.74 Å². The van der Waals surface area contributed by atoms with Crippen molar-refractivity contribution in [3.05, 3.63) is 0 Å². The summed E-state index contributed by atoms with van der Waals surface area (Å²) in [6.45, 7) is 16.8. The average Bonchev–Trinajstić information content (AvgIpc) is 2.59. The third kappa shape index (κ3) is 10.1. The monoisotopic (exact) mass is 370 g/mol. The highest BCUT2D eigenvalue weighted by Gasteiger charge is 2.29. The Balaban J connectivity index is 4.17. The topological polar surface area (TPSA) is 67.4 Å². The van der Waals surface area contributed by atoms with Crippen LogP contribution in [-0.4, -0.2) is 37.1 Å². The van der Waals surface area contributed by atoms with E-state index >= 15 is 0 Å². The number of carbonyl (C=O) groups excluding carboxylic acids is 2. The molecule has 0 aliphatic carbocycles. The zero-order chi connectivity index (χ0) is 20.2. The van der Waals surface area contributed by atoms with Crippen LogP contribution >= 0.6 is 0 Å². The number of amides is 2. The molecule has 0 aromatic rings.